The molecule has 3 aromatic rings. The van der Waals surface area contributed by atoms with E-state index in [4.69, 9.17) is 4.42 Å². The number of phenols is 1. The van der Waals surface area contributed by atoms with Crippen LogP contribution in [0.1, 0.15) is 31.9 Å². The summed E-state index contributed by atoms with van der Waals surface area (Å²) in [5.74, 6) is -0.715. The first-order valence-corrected chi connectivity index (χ1v) is 9.16. The number of esters is 1. The van der Waals surface area contributed by atoms with Crippen molar-refractivity contribution in [2.45, 2.75) is 38.5 Å². The van der Waals surface area contributed by atoms with Gasteiger partial charge in [0.1, 0.15) is 29.0 Å². The molecular weight excluding hydrogens is 387 g/mol. The maximum atomic E-state index is 13.9. The summed E-state index contributed by atoms with van der Waals surface area (Å²) >= 11 is 0. The number of phenolic OH excluding ortho intramolecular Hbond substituents is 1. The molecule has 29 heavy (non-hydrogen) atoms. The third-order valence-corrected chi connectivity index (χ3v) is 4.70. The van der Waals surface area contributed by atoms with Crippen molar-refractivity contribution in [2.75, 3.05) is 7.11 Å². The van der Waals surface area contributed by atoms with Crippen molar-refractivity contribution in [1.29, 1.82) is 0 Å². The lowest BCUT2D eigenvalue weighted by molar-refractivity contribution is -0.164. The van der Waals surface area contributed by atoms with Crippen LogP contribution in [0.3, 0.4) is 0 Å². The van der Waals surface area contributed by atoms with Crippen LogP contribution in [0.4, 0.5) is 13.2 Å². The molecule has 1 aromatic heterocycles. The number of halogens is 3. The molecule has 1 heterocycles. The maximum absolute atomic E-state index is 13.9. The largest absolute Gasteiger partial charge is 0.508 e. The summed E-state index contributed by atoms with van der Waals surface area (Å²) in [6.45, 7) is 3.63. The molecule has 0 bridgehead atoms. The van der Waals surface area contributed by atoms with Crippen molar-refractivity contribution in [3.63, 3.8) is 0 Å². The Balaban J connectivity index is 2.03. The molecule has 0 fully saturated rings. The van der Waals surface area contributed by atoms with Crippen LogP contribution < -0.4 is 5.32 Å². The second-order valence-corrected chi connectivity index (χ2v) is 7.38. The lowest BCUT2D eigenvalue weighted by Crippen LogP contribution is -2.45. The normalized spacial score (nSPS) is 14.4. The van der Waals surface area contributed by atoms with Crippen molar-refractivity contribution in [3.8, 4) is 5.75 Å². The molecule has 2 atom stereocenters. The standard InChI is InChI=1S/C21H22F3NO4/c1-11(2)8-16(20(27)28-3)25-19(21(22,23)24)12-4-6-14-15-10-13(26)5-7-17(15)29-18(14)9-12/h4-7,9-11,16,19,25-26H,8H2,1-3H3/t16-,19?/m0/s1. The number of fused-ring (bicyclic) bond motifs is 3. The van der Waals surface area contributed by atoms with Crippen LogP contribution in [0.5, 0.6) is 5.75 Å². The fourth-order valence-corrected chi connectivity index (χ4v) is 3.39. The molecule has 2 aromatic carbocycles. The summed E-state index contributed by atoms with van der Waals surface area (Å²) in [5.41, 5.74) is 0.641. The fraction of sp³-hybridized carbons (Fsp3) is 0.381. The molecule has 2 N–H and O–H groups in total. The predicted molar refractivity (Wildman–Crippen MR) is 103 cm³/mol. The second kappa shape index (κ2) is 7.94. The van der Waals surface area contributed by atoms with Gasteiger partial charge in [0.2, 0.25) is 0 Å². The molecule has 0 amide bonds. The Morgan fingerprint density at radius 1 is 1.14 bits per heavy atom. The van der Waals surface area contributed by atoms with Gasteiger partial charge in [0, 0.05) is 10.8 Å². The first-order valence-electron chi connectivity index (χ1n) is 9.16. The minimum Gasteiger partial charge on any atom is -0.508 e. The number of rotatable bonds is 6. The van der Waals surface area contributed by atoms with Crippen LogP contribution in [0.15, 0.2) is 40.8 Å². The van der Waals surface area contributed by atoms with Gasteiger partial charge in [-0.25, -0.2) is 0 Å². The summed E-state index contributed by atoms with van der Waals surface area (Å²) in [6.07, 6.45) is -4.44. The van der Waals surface area contributed by atoms with Crippen molar-refractivity contribution in [3.05, 3.63) is 42.0 Å². The van der Waals surface area contributed by atoms with Crippen LogP contribution in [0.25, 0.3) is 21.9 Å². The minimum absolute atomic E-state index is 0.00832. The summed E-state index contributed by atoms with van der Waals surface area (Å²) in [6, 6.07) is 5.49. The SMILES string of the molecule is COC(=O)[C@H](CC(C)C)NC(c1ccc2c(c1)oc1ccc(O)cc12)C(F)(F)F. The van der Waals surface area contributed by atoms with E-state index in [0.717, 1.165) is 7.11 Å². The van der Waals surface area contributed by atoms with E-state index in [9.17, 15) is 23.1 Å². The van der Waals surface area contributed by atoms with Gasteiger partial charge in [-0.2, -0.15) is 13.2 Å². The molecule has 0 saturated heterocycles. The molecule has 0 aliphatic carbocycles. The molecule has 8 heteroatoms. The second-order valence-electron chi connectivity index (χ2n) is 7.38. The average Bonchev–Trinajstić information content (AvgIpc) is 3.00. The highest BCUT2D eigenvalue weighted by atomic mass is 19.4. The number of methoxy groups -OCH3 is 1. The highest BCUT2D eigenvalue weighted by Gasteiger charge is 2.43. The smallest absolute Gasteiger partial charge is 0.407 e. The lowest BCUT2D eigenvalue weighted by atomic mass is 9.99. The molecule has 1 unspecified atom stereocenters. The number of carbonyl (C=O) groups excluding carboxylic acids is 1. The molecule has 0 spiro atoms. The van der Waals surface area contributed by atoms with Crippen molar-refractivity contribution in [1.82, 2.24) is 5.32 Å². The van der Waals surface area contributed by atoms with Crippen LogP contribution >= 0.6 is 0 Å². The molecule has 5 nitrogen and oxygen atoms in total. The first-order chi connectivity index (χ1) is 13.6. The van der Waals surface area contributed by atoms with Crippen molar-refractivity contribution < 1.29 is 32.2 Å². The Bertz CT molecular complexity index is 1030. The van der Waals surface area contributed by atoms with Gasteiger partial charge in [-0.3, -0.25) is 10.1 Å². The number of nitrogens with one attached hydrogen (secondary N) is 1. The highest BCUT2D eigenvalue weighted by Crippen LogP contribution is 2.37. The number of carbonyl (C=O) groups is 1. The number of benzene rings is 2. The van der Waals surface area contributed by atoms with Gasteiger partial charge in [-0.15, -0.1) is 0 Å². The quantitative estimate of drug-likeness (QED) is 0.556. The number of hydrogen-bond acceptors (Lipinski definition) is 5. The van der Waals surface area contributed by atoms with E-state index in [2.05, 4.69) is 10.1 Å². The van der Waals surface area contributed by atoms with E-state index in [1.807, 2.05) is 13.8 Å². The van der Waals surface area contributed by atoms with Gasteiger partial charge >= 0.3 is 12.1 Å². The Kier molecular flexibility index (Phi) is 5.75. The van der Waals surface area contributed by atoms with Crippen LogP contribution in [-0.2, 0) is 9.53 Å². The number of furan rings is 1. The molecule has 156 valence electrons. The van der Waals surface area contributed by atoms with Gasteiger partial charge in [0.05, 0.1) is 7.11 Å². The van der Waals surface area contributed by atoms with E-state index in [-0.39, 0.29) is 29.2 Å². The fourth-order valence-electron chi connectivity index (χ4n) is 3.39. The van der Waals surface area contributed by atoms with Gasteiger partial charge in [-0.05, 0) is 42.2 Å². The Morgan fingerprint density at radius 3 is 2.48 bits per heavy atom. The number of alkyl halides is 3. The topological polar surface area (TPSA) is 71.7 Å². The summed E-state index contributed by atoms with van der Waals surface area (Å²) < 4.78 is 51.9. The van der Waals surface area contributed by atoms with E-state index in [1.165, 1.54) is 30.3 Å². The van der Waals surface area contributed by atoms with E-state index in [0.29, 0.717) is 16.4 Å². The maximum Gasteiger partial charge on any atom is 0.407 e. The predicted octanol–water partition coefficient (Wildman–Crippen LogP) is 5.07. The first kappa shape index (κ1) is 21.0. The zero-order valence-electron chi connectivity index (χ0n) is 16.2. The monoisotopic (exact) mass is 409 g/mol. The summed E-state index contributed by atoms with van der Waals surface area (Å²) in [4.78, 5) is 12.0. The van der Waals surface area contributed by atoms with Gasteiger partial charge < -0.3 is 14.3 Å². The van der Waals surface area contributed by atoms with Gasteiger partial charge in [0.25, 0.3) is 0 Å². The number of ether oxygens (including phenoxy) is 1. The summed E-state index contributed by atoms with van der Waals surface area (Å²) in [7, 11) is 1.15. The Hall–Kier alpha value is -2.74. The zero-order valence-corrected chi connectivity index (χ0v) is 16.2. The number of hydrogen-bond donors (Lipinski definition) is 2. The molecule has 0 saturated carbocycles. The highest BCUT2D eigenvalue weighted by molar-refractivity contribution is 6.05. The minimum atomic E-state index is -4.64. The van der Waals surface area contributed by atoms with Gasteiger partial charge in [-0.1, -0.05) is 26.0 Å². The molecular formula is C21H22F3NO4. The van der Waals surface area contributed by atoms with Crippen LogP contribution in [0, 0.1) is 5.92 Å². The van der Waals surface area contributed by atoms with E-state index < -0.39 is 24.2 Å². The van der Waals surface area contributed by atoms with Crippen LogP contribution in [0.2, 0.25) is 0 Å². The van der Waals surface area contributed by atoms with Crippen molar-refractivity contribution in [2.24, 2.45) is 5.92 Å². The van der Waals surface area contributed by atoms with E-state index >= 15 is 0 Å². The molecule has 0 aliphatic heterocycles. The zero-order chi connectivity index (χ0) is 21.3. The molecule has 3 rings (SSSR count). The number of aromatic hydroxyl groups is 1. The van der Waals surface area contributed by atoms with Gasteiger partial charge in [0.15, 0.2) is 0 Å². The third-order valence-electron chi connectivity index (χ3n) is 4.70. The lowest BCUT2D eigenvalue weighted by Gasteiger charge is -2.27. The summed E-state index contributed by atoms with van der Waals surface area (Å²) in [5, 5.41) is 13.3. The molecule has 0 radical (unpaired) electrons. The Morgan fingerprint density at radius 2 is 1.86 bits per heavy atom. The molecule has 0 aliphatic rings. The van der Waals surface area contributed by atoms with Crippen LogP contribution in [-0.4, -0.2) is 30.4 Å². The van der Waals surface area contributed by atoms with Crippen molar-refractivity contribution >= 4 is 27.9 Å². The average molecular weight is 409 g/mol. The third kappa shape index (κ3) is 4.48. The Labute approximate surface area is 165 Å². The van der Waals surface area contributed by atoms with E-state index in [1.54, 1.807) is 6.07 Å².